The Hall–Kier alpha value is -2.87. The Labute approximate surface area is 141 Å². The van der Waals surface area contributed by atoms with E-state index < -0.39 is 0 Å². The summed E-state index contributed by atoms with van der Waals surface area (Å²) < 4.78 is 12.3. The SMILES string of the molecule is Cc1cc(C(=O)Nc2nc(-c3ccc4c(c3)OCO4)cs2)nn1C. The van der Waals surface area contributed by atoms with Crippen LogP contribution >= 0.6 is 11.3 Å². The molecule has 1 aromatic carbocycles. The zero-order chi connectivity index (χ0) is 16.7. The van der Waals surface area contributed by atoms with E-state index in [0.29, 0.717) is 16.6 Å². The van der Waals surface area contributed by atoms with E-state index in [1.807, 2.05) is 30.5 Å². The maximum Gasteiger partial charge on any atom is 0.277 e. The number of ether oxygens (including phenoxy) is 2. The highest BCUT2D eigenvalue weighted by atomic mass is 32.1. The first-order valence-electron chi connectivity index (χ1n) is 7.28. The van der Waals surface area contributed by atoms with E-state index >= 15 is 0 Å². The van der Waals surface area contributed by atoms with Crippen LogP contribution in [-0.4, -0.2) is 27.5 Å². The molecule has 3 heterocycles. The highest BCUT2D eigenvalue weighted by Crippen LogP contribution is 2.36. The number of rotatable bonds is 3. The molecular weight excluding hydrogens is 328 g/mol. The van der Waals surface area contributed by atoms with Crippen LogP contribution in [-0.2, 0) is 7.05 Å². The first-order valence-corrected chi connectivity index (χ1v) is 8.15. The molecule has 1 N–H and O–H groups in total. The molecule has 0 atom stereocenters. The molecule has 0 saturated carbocycles. The third-order valence-electron chi connectivity index (χ3n) is 3.74. The number of aromatic nitrogens is 3. The lowest BCUT2D eigenvalue weighted by Gasteiger charge is -2.00. The lowest BCUT2D eigenvalue weighted by Crippen LogP contribution is -2.12. The smallest absolute Gasteiger partial charge is 0.277 e. The fraction of sp³-hybridized carbons (Fsp3) is 0.188. The van der Waals surface area contributed by atoms with Gasteiger partial charge in [-0.1, -0.05) is 0 Å². The molecule has 1 amide bonds. The molecule has 4 rings (SSSR count). The van der Waals surface area contributed by atoms with E-state index in [1.54, 1.807) is 17.8 Å². The highest BCUT2D eigenvalue weighted by molar-refractivity contribution is 7.14. The van der Waals surface area contributed by atoms with Gasteiger partial charge in [0.2, 0.25) is 6.79 Å². The molecule has 0 saturated heterocycles. The second-order valence-electron chi connectivity index (χ2n) is 5.35. The van der Waals surface area contributed by atoms with Crippen molar-refractivity contribution in [2.45, 2.75) is 6.92 Å². The van der Waals surface area contributed by atoms with Gasteiger partial charge < -0.3 is 9.47 Å². The van der Waals surface area contributed by atoms with Gasteiger partial charge in [0, 0.05) is 23.7 Å². The summed E-state index contributed by atoms with van der Waals surface area (Å²) in [6, 6.07) is 7.38. The summed E-state index contributed by atoms with van der Waals surface area (Å²) in [5.41, 5.74) is 2.96. The predicted octanol–water partition coefficient (Wildman–Crippen LogP) is 2.83. The first-order chi connectivity index (χ1) is 11.6. The number of anilines is 1. The Bertz CT molecular complexity index is 912. The molecule has 1 aliphatic rings. The van der Waals surface area contributed by atoms with E-state index in [0.717, 1.165) is 22.7 Å². The van der Waals surface area contributed by atoms with Crippen molar-refractivity contribution in [1.29, 1.82) is 0 Å². The number of aryl methyl sites for hydroxylation is 2. The molecule has 0 bridgehead atoms. The van der Waals surface area contributed by atoms with Crippen molar-refractivity contribution in [3.05, 3.63) is 41.0 Å². The molecule has 1 aliphatic heterocycles. The predicted molar refractivity (Wildman–Crippen MR) is 89.6 cm³/mol. The van der Waals surface area contributed by atoms with E-state index in [4.69, 9.17) is 9.47 Å². The van der Waals surface area contributed by atoms with Gasteiger partial charge in [-0.2, -0.15) is 5.10 Å². The minimum Gasteiger partial charge on any atom is -0.454 e. The molecule has 2 aromatic heterocycles. The number of hydrogen-bond donors (Lipinski definition) is 1. The molecule has 24 heavy (non-hydrogen) atoms. The fourth-order valence-corrected chi connectivity index (χ4v) is 3.07. The Morgan fingerprint density at radius 3 is 2.92 bits per heavy atom. The zero-order valence-electron chi connectivity index (χ0n) is 13.1. The summed E-state index contributed by atoms with van der Waals surface area (Å²) >= 11 is 1.36. The third-order valence-corrected chi connectivity index (χ3v) is 4.50. The van der Waals surface area contributed by atoms with Crippen molar-refractivity contribution in [2.75, 3.05) is 12.1 Å². The zero-order valence-corrected chi connectivity index (χ0v) is 13.9. The van der Waals surface area contributed by atoms with Gasteiger partial charge in [-0.3, -0.25) is 14.8 Å². The Balaban J connectivity index is 1.53. The molecule has 0 fully saturated rings. The molecule has 0 radical (unpaired) electrons. The van der Waals surface area contributed by atoms with Crippen molar-refractivity contribution in [1.82, 2.24) is 14.8 Å². The summed E-state index contributed by atoms with van der Waals surface area (Å²) in [5.74, 6) is 1.16. The summed E-state index contributed by atoms with van der Waals surface area (Å²) in [4.78, 5) is 16.7. The molecular formula is C16H14N4O3S. The van der Waals surface area contributed by atoms with Gasteiger partial charge in [0.25, 0.3) is 5.91 Å². The maximum atomic E-state index is 12.2. The minimum absolute atomic E-state index is 0.237. The number of nitrogens with one attached hydrogen (secondary N) is 1. The van der Waals surface area contributed by atoms with E-state index in [1.165, 1.54) is 11.3 Å². The molecule has 0 spiro atoms. The summed E-state index contributed by atoms with van der Waals surface area (Å²) in [6.45, 7) is 2.13. The normalized spacial score (nSPS) is 12.4. The summed E-state index contributed by atoms with van der Waals surface area (Å²) in [6.07, 6.45) is 0. The number of carbonyl (C=O) groups excluding carboxylic acids is 1. The van der Waals surface area contributed by atoms with Crippen molar-refractivity contribution < 1.29 is 14.3 Å². The average molecular weight is 342 g/mol. The Morgan fingerprint density at radius 2 is 2.12 bits per heavy atom. The van der Waals surface area contributed by atoms with Crippen LogP contribution < -0.4 is 14.8 Å². The molecule has 3 aromatic rings. The van der Waals surface area contributed by atoms with Gasteiger partial charge in [0.15, 0.2) is 22.3 Å². The standard InChI is InChI=1S/C16H14N4O3S/c1-9-5-11(19-20(9)2)15(21)18-16-17-12(7-24-16)10-3-4-13-14(6-10)23-8-22-13/h3-7H,8H2,1-2H3,(H,17,18,21). The van der Waals surface area contributed by atoms with Gasteiger partial charge in [-0.15, -0.1) is 11.3 Å². The number of amides is 1. The number of carbonyl (C=O) groups is 1. The number of hydrogen-bond acceptors (Lipinski definition) is 6. The van der Waals surface area contributed by atoms with Crippen LogP contribution in [0.2, 0.25) is 0 Å². The Morgan fingerprint density at radius 1 is 1.29 bits per heavy atom. The largest absolute Gasteiger partial charge is 0.454 e. The van der Waals surface area contributed by atoms with Crippen LogP contribution in [0.3, 0.4) is 0 Å². The number of nitrogens with zero attached hydrogens (tertiary/aromatic N) is 3. The number of fused-ring (bicyclic) bond motifs is 1. The van der Waals surface area contributed by atoms with Crippen molar-refractivity contribution >= 4 is 22.4 Å². The van der Waals surface area contributed by atoms with Crippen LogP contribution in [0.25, 0.3) is 11.3 Å². The van der Waals surface area contributed by atoms with E-state index in [9.17, 15) is 4.79 Å². The second kappa shape index (κ2) is 5.64. The summed E-state index contributed by atoms with van der Waals surface area (Å²) in [7, 11) is 1.80. The molecule has 122 valence electrons. The van der Waals surface area contributed by atoms with Crippen molar-refractivity contribution in [2.24, 2.45) is 7.05 Å². The maximum absolute atomic E-state index is 12.2. The quantitative estimate of drug-likeness (QED) is 0.792. The van der Waals surface area contributed by atoms with Gasteiger partial charge in [0.1, 0.15) is 0 Å². The van der Waals surface area contributed by atoms with Gasteiger partial charge in [-0.25, -0.2) is 4.98 Å². The van der Waals surface area contributed by atoms with Crippen LogP contribution in [0, 0.1) is 6.92 Å². The van der Waals surface area contributed by atoms with Gasteiger partial charge in [0.05, 0.1) is 5.69 Å². The van der Waals surface area contributed by atoms with Gasteiger partial charge >= 0.3 is 0 Å². The monoisotopic (exact) mass is 342 g/mol. The van der Waals surface area contributed by atoms with Crippen LogP contribution in [0.4, 0.5) is 5.13 Å². The second-order valence-corrected chi connectivity index (χ2v) is 6.21. The molecule has 0 aliphatic carbocycles. The van der Waals surface area contributed by atoms with Crippen molar-refractivity contribution in [3.63, 3.8) is 0 Å². The van der Waals surface area contributed by atoms with Crippen LogP contribution in [0.5, 0.6) is 11.5 Å². The minimum atomic E-state index is -0.273. The van der Waals surface area contributed by atoms with Crippen LogP contribution in [0.1, 0.15) is 16.2 Å². The van der Waals surface area contributed by atoms with E-state index in [2.05, 4.69) is 15.4 Å². The fourth-order valence-electron chi connectivity index (χ4n) is 2.35. The van der Waals surface area contributed by atoms with Gasteiger partial charge in [-0.05, 0) is 31.2 Å². The molecule has 7 nitrogen and oxygen atoms in total. The lowest BCUT2D eigenvalue weighted by molar-refractivity contribution is 0.102. The van der Waals surface area contributed by atoms with Crippen LogP contribution in [0.15, 0.2) is 29.6 Å². The van der Waals surface area contributed by atoms with Crippen molar-refractivity contribution in [3.8, 4) is 22.8 Å². The third kappa shape index (κ3) is 2.61. The molecule has 0 unspecified atom stereocenters. The summed E-state index contributed by atoms with van der Waals surface area (Å²) in [5, 5.41) is 9.35. The average Bonchev–Trinajstić information content (AvgIpc) is 3.27. The molecule has 8 heteroatoms. The highest BCUT2D eigenvalue weighted by Gasteiger charge is 2.16. The number of thiazole rings is 1. The lowest BCUT2D eigenvalue weighted by atomic mass is 10.1. The first kappa shape index (κ1) is 14.7. The number of benzene rings is 1. The topological polar surface area (TPSA) is 78.3 Å². The van der Waals surface area contributed by atoms with E-state index in [-0.39, 0.29) is 12.7 Å². The Kier molecular flexibility index (Phi) is 3.46.